The van der Waals surface area contributed by atoms with E-state index < -0.39 is 12.1 Å². The van der Waals surface area contributed by atoms with E-state index in [9.17, 15) is 9.59 Å². The zero-order chi connectivity index (χ0) is 17.1. The molecule has 24 heavy (non-hydrogen) atoms. The Bertz CT molecular complexity index is 759. The standard InChI is InChI=1S/C17H17BrN2O4/c1-10(24-17(22)14-8-11(18)9-19-14)16(21)20-13-6-7-23-15-5-3-2-4-12(13)15/h2-5,8-10,13,19H,6-7H2,1H3,(H,20,21). The van der Waals surface area contributed by atoms with Gasteiger partial charge in [0, 0.05) is 22.7 Å². The molecule has 0 bridgehead atoms. The lowest BCUT2D eigenvalue weighted by Gasteiger charge is -2.27. The topological polar surface area (TPSA) is 80.4 Å². The maximum atomic E-state index is 12.3. The second-order valence-corrected chi connectivity index (χ2v) is 6.43. The summed E-state index contributed by atoms with van der Waals surface area (Å²) in [5.41, 5.74) is 1.22. The molecule has 2 N–H and O–H groups in total. The van der Waals surface area contributed by atoms with Gasteiger partial charge in [0.05, 0.1) is 12.6 Å². The van der Waals surface area contributed by atoms with Crippen LogP contribution in [0.3, 0.4) is 0 Å². The summed E-state index contributed by atoms with van der Waals surface area (Å²) in [6.07, 6.45) is 1.40. The highest BCUT2D eigenvalue weighted by Gasteiger charge is 2.26. The number of H-pyrrole nitrogens is 1. The minimum absolute atomic E-state index is 0.150. The number of rotatable bonds is 4. The van der Waals surface area contributed by atoms with Gasteiger partial charge in [-0.05, 0) is 35.0 Å². The summed E-state index contributed by atoms with van der Waals surface area (Å²) in [5, 5.41) is 2.92. The van der Waals surface area contributed by atoms with Gasteiger partial charge in [-0.1, -0.05) is 18.2 Å². The number of amides is 1. The molecule has 2 aromatic rings. The number of hydrogen-bond acceptors (Lipinski definition) is 4. The van der Waals surface area contributed by atoms with E-state index in [1.165, 1.54) is 0 Å². The summed E-state index contributed by atoms with van der Waals surface area (Å²) in [5.74, 6) is -0.138. The van der Waals surface area contributed by atoms with Crippen molar-refractivity contribution in [3.05, 3.63) is 52.3 Å². The van der Waals surface area contributed by atoms with E-state index in [4.69, 9.17) is 9.47 Å². The number of carbonyl (C=O) groups excluding carboxylic acids is 2. The van der Waals surface area contributed by atoms with Crippen molar-refractivity contribution in [2.45, 2.75) is 25.5 Å². The first kappa shape index (κ1) is 16.6. The fourth-order valence-corrected chi connectivity index (χ4v) is 2.89. The number of ether oxygens (including phenoxy) is 2. The molecule has 0 radical (unpaired) electrons. The fraction of sp³-hybridized carbons (Fsp3) is 0.294. The van der Waals surface area contributed by atoms with Crippen molar-refractivity contribution < 1.29 is 19.1 Å². The molecule has 1 aromatic heterocycles. The molecule has 0 aliphatic carbocycles. The SMILES string of the molecule is CC(OC(=O)c1cc(Br)c[nH]1)C(=O)NC1CCOc2ccccc21. The number of carbonyl (C=O) groups is 2. The Labute approximate surface area is 147 Å². The first-order valence-electron chi connectivity index (χ1n) is 7.61. The van der Waals surface area contributed by atoms with E-state index in [1.54, 1.807) is 19.2 Å². The molecule has 0 spiro atoms. The number of fused-ring (bicyclic) bond motifs is 1. The van der Waals surface area contributed by atoms with Crippen LogP contribution in [0.5, 0.6) is 5.75 Å². The molecule has 1 aliphatic rings. The van der Waals surface area contributed by atoms with Gasteiger partial charge in [0.2, 0.25) is 0 Å². The third kappa shape index (κ3) is 3.62. The van der Waals surface area contributed by atoms with Gasteiger partial charge < -0.3 is 19.8 Å². The van der Waals surface area contributed by atoms with Gasteiger partial charge in [-0.25, -0.2) is 4.79 Å². The van der Waals surface area contributed by atoms with Gasteiger partial charge in [0.1, 0.15) is 11.4 Å². The van der Waals surface area contributed by atoms with Gasteiger partial charge in [-0.15, -0.1) is 0 Å². The number of esters is 1. The lowest BCUT2D eigenvalue weighted by molar-refractivity contribution is -0.130. The molecular formula is C17H17BrN2O4. The molecule has 1 amide bonds. The molecule has 6 nitrogen and oxygen atoms in total. The maximum Gasteiger partial charge on any atom is 0.355 e. The number of benzene rings is 1. The molecule has 3 rings (SSSR count). The van der Waals surface area contributed by atoms with Crippen molar-refractivity contribution in [1.82, 2.24) is 10.3 Å². The Morgan fingerprint density at radius 2 is 2.21 bits per heavy atom. The van der Waals surface area contributed by atoms with Crippen molar-refractivity contribution in [3.8, 4) is 5.75 Å². The van der Waals surface area contributed by atoms with Crippen LogP contribution in [0.4, 0.5) is 0 Å². The smallest absolute Gasteiger partial charge is 0.355 e. The number of hydrogen-bond donors (Lipinski definition) is 2. The number of aromatic amines is 1. The number of aromatic nitrogens is 1. The third-order valence-corrected chi connectivity index (χ3v) is 4.25. The van der Waals surface area contributed by atoms with Crippen molar-refractivity contribution in [1.29, 1.82) is 0 Å². The molecule has 7 heteroatoms. The first-order chi connectivity index (χ1) is 11.5. The van der Waals surface area contributed by atoms with Crippen molar-refractivity contribution in [3.63, 3.8) is 0 Å². The Kier molecular flexibility index (Phi) is 4.89. The molecule has 2 atom stereocenters. The van der Waals surface area contributed by atoms with Crippen LogP contribution in [0.1, 0.15) is 35.4 Å². The van der Waals surface area contributed by atoms with Crippen LogP contribution < -0.4 is 10.1 Å². The van der Waals surface area contributed by atoms with E-state index in [1.807, 2.05) is 24.3 Å². The highest BCUT2D eigenvalue weighted by molar-refractivity contribution is 9.10. The average molecular weight is 393 g/mol. The van der Waals surface area contributed by atoms with Gasteiger partial charge in [0.15, 0.2) is 6.10 Å². The fourth-order valence-electron chi connectivity index (χ4n) is 2.54. The summed E-state index contributed by atoms with van der Waals surface area (Å²) >= 11 is 3.25. The predicted octanol–water partition coefficient (Wildman–Crippen LogP) is 2.96. The van der Waals surface area contributed by atoms with Crippen molar-refractivity contribution in [2.24, 2.45) is 0 Å². The highest BCUT2D eigenvalue weighted by Crippen LogP contribution is 2.31. The molecule has 1 aromatic carbocycles. The molecular weight excluding hydrogens is 376 g/mol. The van der Waals surface area contributed by atoms with Crippen molar-refractivity contribution in [2.75, 3.05) is 6.61 Å². The maximum absolute atomic E-state index is 12.3. The molecule has 2 heterocycles. The number of para-hydroxylation sites is 1. The predicted molar refractivity (Wildman–Crippen MR) is 90.8 cm³/mol. The summed E-state index contributed by atoms with van der Waals surface area (Å²) in [7, 11) is 0. The lowest BCUT2D eigenvalue weighted by atomic mass is 10.0. The molecule has 0 fully saturated rings. The van der Waals surface area contributed by atoms with Crippen LogP contribution in [-0.4, -0.2) is 29.6 Å². The Balaban J connectivity index is 1.62. The second kappa shape index (κ2) is 7.09. The Hall–Kier alpha value is -2.28. The van der Waals surface area contributed by atoms with Gasteiger partial charge in [0.25, 0.3) is 5.91 Å². The normalized spacial score (nSPS) is 17.3. The molecule has 126 valence electrons. The van der Waals surface area contributed by atoms with Crippen LogP contribution in [0.25, 0.3) is 0 Å². The van der Waals surface area contributed by atoms with E-state index >= 15 is 0 Å². The van der Waals surface area contributed by atoms with Gasteiger partial charge in [-0.3, -0.25) is 4.79 Å². The minimum atomic E-state index is -0.894. The summed E-state index contributed by atoms with van der Waals surface area (Å²) in [6.45, 7) is 2.09. The zero-order valence-corrected chi connectivity index (χ0v) is 14.6. The van der Waals surface area contributed by atoms with Crippen molar-refractivity contribution >= 4 is 27.8 Å². The van der Waals surface area contributed by atoms with E-state index in [2.05, 4.69) is 26.2 Å². The summed E-state index contributed by atoms with van der Waals surface area (Å²) in [6, 6.07) is 9.04. The first-order valence-corrected chi connectivity index (χ1v) is 8.41. The van der Waals surface area contributed by atoms with E-state index in [-0.39, 0.29) is 17.6 Å². The number of halogens is 1. The molecule has 0 saturated heterocycles. The van der Waals surface area contributed by atoms with Gasteiger partial charge >= 0.3 is 5.97 Å². The average Bonchev–Trinajstić information content (AvgIpc) is 3.01. The van der Waals surface area contributed by atoms with Crippen LogP contribution in [0.15, 0.2) is 41.0 Å². The third-order valence-electron chi connectivity index (χ3n) is 3.80. The van der Waals surface area contributed by atoms with Crippen LogP contribution in [0, 0.1) is 0 Å². The zero-order valence-electron chi connectivity index (χ0n) is 13.0. The summed E-state index contributed by atoms with van der Waals surface area (Å²) < 4.78 is 11.5. The largest absolute Gasteiger partial charge is 0.493 e. The summed E-state index contributed by atoms with van der Waals surface area (Å²) in [4.78, 5) is 27.1. The van der Waals surface area contributed by atoms with Crippen LogP contribution in [0.2, 0.25) is 0 Å². The quantitative estimate of drug-likeness (QED) is 0.783. The Morgan fingerprint density at radius 1 is 1.42 bits per heavy atom. The van der Waals surface area contributed by atoms with Gasteiger partial charge in [-0.2, -0.15) is 0 Å². The van der Waals surface area contributed by atoms with E-state index in [0.29, 0.717) is 13.0 Å². The molecule has 1 aliphatic heterocycles. The highest BCUT2D eigenvalue weighted by atomic mass is 79.9. The minimum Gasteiger partial charge on any atom is -0.493 e. The molecule has 2 unspecified atom stereocenters. The van der Waals surface area contributed by atoms with Crippen LogP contribution >= 0.6 is 15.9 Å². The second-order valence-electron chi connectivity index (χ2n) is 5.52. The Morgan fingerprint density at radius 3 is 2.96 bits per heavy atom. The lowest BCUT2D eigenvalue weighted by Crippen LogP contribution is -2.39. The monoisotopic (exact) mass is 392 g/mol. The van der Waals surface area contributed by atoms with E-state index in [0.717, 1.165) is 15.8 Å². The molecule has 0 saturated carbocycles. The van der Waals surface area contributed by atoms with Crippen LogP contribution in [-0.2, 0) is 9.53 Å². The number of nitrogens with one attached hydrogen (secondary N) is 2.